The standard InChI is InChI=1S/C14H28N2/c1-16(2)14(9-4-3-5-10-14)13(15)11-12-7-6-8-12/h12-13H,3-11,15H2,1-2H3. The van der Waals surface area contributed by atoms with Gasteiger partial charge in [-0.2, -0.15) is 0 Å². The normalized spacial score (nSPS) is 27.8. The highest BCUT2D eigenvalue weighted by Crippen LogP contribution is 2.39. The molecule has 0 amide bonds. The lowest BCUT2D eigenvalue weighted by molar-refractivity contribution is 0.0559. The molecule has 1 atom stereocenters. The molecule has 2 aliphatic carbocycles. The molecule has 1 unspecified atom stereocenters. The summed E-state index contributed by atoms with van der Waals surface area (Å²) in [5, 5.41) is 0. The minimum atomic E-state index is 0.313. The van der Waals surface area contributed by atoms with E-state index < -0.39 is 0 Å². The SMILES string of the molecule is CN(C)C1(C(N)CC2CCC2)CCCCC1. The topological polar surface area (TPSA) is 29.3 Å². The van der Waals surface area contributed by atoms with Gasteiger partial charge < -0.3 is 10.6 Å². The van der Waals surface area contributed by atoms with E-state index in [2.05, 4.69) is 19.0 Å². The summed E-state index contributed by atoms with van der Waals surface area (Å²) in [6.07, 6.45) is 12.3. The number of hydrogen-bond acceptors (Lipinski definition) is 2. The first kappa shape index (κ1) is 12.4. The Morgan fingerprint density at radius 1 is 1.12 bits per heavy atom. The Morgan fingerprint density at radius 2 is 1.75 bits per heavy atom. The molecule has 0 bridgehead atoms. The van der Waals surface area contributed by atoms with Gasteiger partial charge in [0.15, 0.2) is 0 Å². The molecule has 2 N–H and O–H groups in total. The molecule has 0 saturated heterocycles. The van der Waals surface area contributed by atoms with Crippen molar-refractivity contribution in [3.8, 4) is 0 Å². The van der Waals surface area contributed by atoms with Gasteiger partial charge in [-0.3, -0.25) is 0 Å². The zero-order valence-electron chi connectivity index (χ0n) is 11.0. The van der Waals surface area contributed by atoms with E-state index in [9.17, 15) is 0 Å². The quantitative estimate of drug-likeness (QED) is 0.795. The molecular formula is C14H28N2. The molecule has 2 fully saturated rings. The zero-order valence-corrected chi connectivity index (χ0v) is 11.0. The van der Waals surface area contributed by atoms with Crippen LogP contribution in [0.25, 0.3) is 0 Å². The van der Waals surface area contributed by atoms with Gasteiger partial charge in [0.1, 0.15) is 0 Å². The Morgan fingerprint density at radius 3 is 2.19 bits per heavy atom. The van der Waals surface area contributed by atoms with Crippen molar-refractivity contribution in [1.29, 1.82) is 0 Å². The third kappa shape index (κ3) is 2.28. The highest BCUT2D eigenvalue weighted by atomic mass is 15.2. The van der Waals surface area contributed by atoms with E-state index in [4.69, 9.17) is 5.73 Å². The summed E-state index contributed by atoms with van der Waals surface area (Å²) in [4.78, 5) is 2.43. The number of hydrogen-bond donors (Lipinski definition) is 1. The molecule has 94 valence electrons. The van der Waals surface area contributed by atoms with Crippen LogP contribution in [0.1, 0.15) is 57.8 Å². The fourth-order valence-corrected chi connectivity index (χ4v) is 3.62. The minimum Gasteiger partial charge on any atom is -0.326 e. The fourth-order valence-electron chi connectivity index (χ4n) is 3.62. The van der Waals surface area contributed by atoms with Crippen molar-refractivity contribution >= 4 is 0 Å². The maximum absolute atomic E-state index is 6.55. The molecular weight excluding hydrogens is 196 g/mol. The van der Waals surface area contributed by atoms with Crippen molar-refractivity contribution in [3.05, 3.63) is 0 Å². The number of likely N-dealkylation sites (N-methyl/N-ethyl adjacent to an activating group) is 1. The smallest absolute Gasteiger partial charge is 0.0354 e. The van der Waals surface area contributed by atoms with Crippen molar-refractivity contribution in [2.24, 2.45) is 11.7 Å². The number of nitrogens with zero attached hydrogens (tertiary/aromatic N) is 1. The molecule has 0 heterocycles. The van der Waals surface area contributed by atoms with Crippen LogP contribution in [0.3, 0.4) is 0 Å². The highest BCUT2D eigenvalue weighted by molar-refractivity contribution is 5.00. The van der Waals surface area contributed by atoms with Crippen LogP contribution in [0.4, 0.5) is 0 Å². The third-order valence-electron chi connectivity index (χ3n) is 5.11. The van der Waals surface area contributed by atoms with E-state index in [1.54, 1.807) is 0 Å². The van der Waals surface area contributed by atoms with Gasteiger partial charge in [0.2, 0.25) is 0 Å². The van der Waals surface area contributed by atoms with E-state index in [0.717, 1.165) is 5.92 Å². The largest absolute Gasteiger partial charge is 0.326 e. The van der Waals surface area contributed by atoms with Crippen LogP contribution in [0.2, 0.25) is 0 Å². The predicted molar refractivity (Wildman–Crippen MR) is 69.4 cm³/mol. The van der Waals surface area contributed by atoms with Gasteiger partial charge in [-0.15, -0.1) is 0 Å². The molecule has 0 aromatic heterocycles. The summed E-state index contributed by atoms with van der Waals surface area (Å²) >= 11 is 0. The molecule has 16 heavy (non-hydrogen) atoms. The van der Waals surface area contributed by atoms with Gasteiger partial charge in [0, 0.05) is 11.6 Å². The van der Waals surface area contributed by atoms with Crippen LogP contribution in [0, 0.1) is 5.92 Å². The first-order chi connectivity index (χ1) is 7.65. The van der Waals surface area contributed by atoms with Crippen LogP contribution in [0.5, 0.6) is 0 Å². The average Bonchev–Trinajstić information content (AvgIpc) is 2.24. The molecule has 2 saturated carbocycles. The Balaban J connectivity index is 1.98. The highest BCUT2D eigenvalue weighted by Gasteiger charge is 2.41. The molecule has 2 rings (SSSR count). The van der Waals surface area contributed by atoms with Crippen LogP contribution in [0.15, 0.2) is 0 Å². The van der Waals surface area contributed by atoms with Crippen molar-refractivity contribution in [3.63, 3.8) is 0 Å². The Labute approximate surface area is 101 Å². The van der Waals surface area contributed by atoms with Crippen LogP contribution < -0.4 is 5.73 Å². The first-order valence-electron chi connectivity index (χ1n) is 7.08. The molecule has 2 heteroatoms. The Bertz CT molecular complexity index is 215. The second-order valence-corrected chi connectivity index (χ2v) is 6.20. The summed E-state index contributed by atoms with van der Waals surface area (Å²) in [6, 6.07) is 0.396. The van der Waals surface area contributed by atoms with Crippen molar-refractivity contribution in [1.82, 2.24) is 4.90 Å². The molecule has 0 aromatic carbocycles. The lowest BCUT2D eigenvalue weighted by atomic mass is 9.70. The maximum atomic E-state index is 6.55. The van der Waals surface area contributed by atoms with Gasteiger partial charge in [-0.1, -0.05) is 38.5 Å². The van der Waals surface area contributed by atoms with Gasteiger partial charge >= 0.3 is 0 Å². The number of nitrogens with two attached hydrogens (primary N) is 1. The Kier molecular flexibility index (Phi) is 3.91. The molecule has 0 radical (unpaired) electrons. The van der Waals surface area contributed by atoms with E-state index in [0.29, 0.717) is 11.6 Å². The number of rotatable bonds is 4. The predicted octanol–water partition coefficient (Wildman–Crippen LogP) is 2.77. The summed E-state index contributed by atoms with van der Waals surface area (Å²) in [7, 11) is 4.46. The van der Waals surface area contributed by atoms with E-state index in [1.165, 1.54) is 57.8 Å². The summed E-state index contributed by atoms with van der Waals surface area (Å²) in [5.41, 5.74) is 6.87. The first-order valence-corrected chi connectivity index (χ1v) is 7.08. The minimum absolute atomic E-state index is 0.313. The zero-order chi connectivity index (χ0) is 11.6. The monoisotopic (exact) mass is 224 g/mol. The van der Waals surface area contributed by atoms with Crippen LogP contribution >= 0.6 is 0 Å². The van der Waals surface area contributed by atoms with Gasteiger partial charge in [0.25, 0.3) is 0 Å². The van der Waals surface area contributed by atoms with Gasteiger partial charge in [0.05, 0.1) is 0 Å². The molecule has 2 nitrogen and oxygen atoms in total. The second kappa shape index (κ2) is 5.05. The Hall–Kier alpha value is -0.0800. The molecule has 2 aliphatic rings. The van der Waals surface area contributed by atoms with Crippen molar-refractivity contribution in [2.75, 3.05) is 14.1 Å². The average molecular weight is 224 g/mol. The van der Waals surface area contributed by atoms with Crippen molar-refractivity contribution < 1.29 is 0 Å². The molecule has 0 aromatic rings. The van der Waals surface area contributed by atoms with Crippen molar-refractivity contribution in [2.45, 2.75) is 69.4 Å². The third-order valence-corrected chi connectivity index (χ3v) is 5.11. The van der Waals surface area contributed by atoms with Crippen LogP contribution in [-0.4, -0.2) is 30.6 Å². The fraction of sp³-hybridized carbons (Fsp3) is 1.00. The summed E-state index contributed by atoms with van der Waals surface area (Å²) in [5.74, 6) is 0.939. The summed E-state index contributed by atoms with van der Waals surface area (Å²) in [6.45, 7) is 0. The van der Waals surface area contributed by atoms with Gasteiger partial charge in [-0.05, 0) is 39.3 Å². The second-order valence-electron chi connectivity index (χ2n) is 6.20. The summed E-state index contributed by atoms with van der Waals surface area (Å²) < 4.78 is 0. The van der Waals surface area contributed by atoms with Crippen LogP contribution in [-0.2, 0) is 0 Å². The lowest BCUT2D eigenvalue weighted by Crippen LogP contribution is -2.59. The maximum Gasteiger partial charge on any atom is 0.0354 e. The molecule has 0 aliphatic heterocycles. The van der Waals surface area contributed by atoms with Gasteiger partial charge in [-0.25, -0.2) is 0 Å². The molecule has 0 spiro atoms. The lowest BCUT2D eigenvalue weighted by Gasteiger charge is -2.48. The van der Waals surface area contributed by atoms with E-state index >= 15 is 0 Å². The van der Waals surface area contributed by atoms with E-state index in [-0.39, 0.29) is 0 Å². The van der Waals surface area contributed by atoms with E-state index in [1.807, 2.05) is 0 Å².